The van der Waals surface area contributed by atoms with Gasteiger partial charge in [-0.3, -0.25) is 4.90 Å². The molecule has 7 nitrogen and oxygen atoms in total. The number of carbonyl (C=O) groups is 2. The molecule has 1 aromatic rings. The number of amides is 2. The summed E-state index contributed by atoms with van der Waals surface area (Å²) in [7, 11) is -1.99. The molecule has 0 aromatic heterocycles. The Kier molecular flexibility index (Phi) is 5.42. The SMILES string of the molecule is COC(=O)C1=C(C)N(C2CCS(=O)(=O)C2)C(=O)NC1c1c(Cl)cccc1Cl. The molecule has 1 aromatic carbocycles. The number of benzene rings is 1. The topological polar surface area (TPSA) is 92.8 Å². The van der Waals surface area contributed by atoms with Crippen molar-refractivity contribution in [3.63, 3.8) is 0 Å². The fourth-order valence-corrected chi connectivity index (χ4v) is 5.87. The third-order valence-electron chi connectivity index (χ3n) is 4.79. The predicted molar refractivity (Wildman–Crippen MR) is 101 cm³/mol. The van der Waals surface area contributed by atoms with Gasteiger partial charge in [-0.2, -0.15) is 0 Å². The van der Waals surface area contributed by atoms with Gasteiger partial charge in [0.1, 0.15) is 0 Å². The predicted octanol–water partition coefficient (Wildman–Crippen LogP) is 2.69. The van der Waals surface area contributed by atoms with Crippen LogP contribution >= 0.6 is 23.2 Å². The lowest BCUT2D eigenvalue weighted by molar-refractivity contribution is -0.136. The van der Waals surface area contributed by atoms with E-state index in [9.17, 15) is 18.0 Å². The maximum absolute atomic E-state index is 12.8. The summed E-state index contributed by atoms with van der Waals surface area (Å²) < 4.78 is 28.6. The summed E-state index contributed by atoms with van der Waals surface area (Å²) in [6, 6.07) is 2.91. The number of allylic oxidation sites excluding steroid dienone is 1. The van der Waals surface area contributed by atoms with E-state index in [0.717, 1.165) is 0 Å². The molecule has 0 spiro atoms. The van der Waals surface area contributed by atoms with Crippen molar-refractivity contribution in [1.82, 2.24) is 10.2 Å². The maximum atomic E-state index is 12.8. The number of methoxy groups -OCH3 is 1. The fraction of sp³-hybridized carbons (Fsp3) is 0.412. The summed E-state index contributed by atoms with van der Waals surface area (Å²) >= 11 is 12.5. The van der Waals surface area contributed by atoms with E-state index in [1.807, 2.05) is 0 Å². The van der Waals surface area contributed by atoms with E-state index in [-0.39, 0.29) is 17.1 Å². The van der Waals surface area contributed by atoms with E-state index in [1.54, 1.807) is 25.1 Å². The number of hydrogen-bond donors (Lipinski definition) is 1. The number of sulfone groups is 1. The van der Waals surface area contributed by atoms with Gasteiger partial charge in [-0.25, -0.2) is 18.0 Å². The zero-order valence-electron chi connectivity index (χ0n) is 14.7. The molecule has 10 heteroatoms. The van der Waals surface area contributed by atoms with Gasteiger partial charge in [0.05, 0.1) is 36.3 Å². The molecule has 2 aliphatic rings. The molecule has 3 rings (SSSR count). The summed E-state index contributed by atoms with van der Waals surface area (Å²) in [6.45, 7) is 1.59. The molecule has 2 atom stereocenters. The van der Waals surface area contributed by atoms with Gasteiger partial charge in [-0.15, -0.1) is 0 Å². The Morgan fingerprint density at radius 1 is 1.30 bits per heavy atom. The van der Waals surface area contributed by atoms with Gasteiger partial charge in [-0.05, 0) is 25.5 Å². The number of halogens is 2. The maximum Gasteiger partial charge on any atom is 0.337 e. The van der Waals surface area contributed by atoms with Crippen molar-refractivity contribution in [3.8, 4) is 0 Å². The summed E-state index contributed by atoms with van der Waals surface area (Å²) in [5.74, 6) is -0.800. The first kappa shape index (κ1) is 20.0. The van der Waals surface area contributed by atoms with Crippen LogP contribution in [0.3, 0.4) is 0 Å². The molecule has 0 saturated carbocycles. The number of nitrogens with zero attached hydrogens (tertiary/aromatic N) is 1. The smallest absolute Gasteiger partial charge is 0.337 e. The van der Waals surface area contributed by atoms with Crippen LogP contribution in [0.25, 0.3) is 0 Å². The van der Waals surface area contributed by atoms with Gasteiger partial charge in [0.25, 0.3) is 0 Å². The number of nitrogens with one attached hydrogen (secondary N) is 1. The highest BCUT2D eigenvalue weighted by molar-refractivity contribution is 7.91. The van der Waals surface area contributed by atoms with E-state index in [4.69, 9.17) is 27.9 Å². The third-order valence-corrected chi connectivity index (χ3v) is 7.20. The van der Waals surface area contributed by atoms with Crippen LogP contribution in [0.4, 0.5) is 4.79 Å². The van der Waals surface area contributed by atoms with Crippen molar-refractivity contribution in [3.05, 3.63) is 45.1 Å². The van der Waals surface area contributed by atoms with Gasteiger partial charge in [0.2, 0.25) is 0 Å². The minimum Gasteiger partial charge on any atom is -0.466 e. The zero-order chi connectivity index (χ0) is 19.9. The number of carbonyl (C=O) groups excluding carboxylic acids is 2. The zero-order valence-corrected chi connectivity index (χ0v) is 17.0. The molecule has 1 fully saturated rings. The monoisotopic (exact) mass is 432 g/mol. The summed E-state index contributed by atoms with van der Waals surface area (Å²) in [4.78, 5) is 26.6. The normalized spacial score (nSPS) is 24.7. The van der Waals surface area contributed by atoms with Crippen LogP contribution < -0.4 is 5.32 Å². The lowest BCUT2D eigenvalue weighted by Gasteiger charge is -2.38. The highest BCUT2D eigenvalue weighted by Crippen LogP contribution is 2.39. The molecular weight excluding hydrogens is 415 g/mol. The summed E-state index contributed by atoms with van der Waals surface area (Å²) in [5, 5.41) is 3.31. The first-order valence-corrected chi connectivity index (χ1v) is 10.8. The summed E-state index contributed by atoms with van der Waals surface area (Å²) in [6.07, 6.45) is 0.305. The average molecular weight is 433 g/mol. The largest absolute Gasteiger partial charge is 0.466 e. The lowest BCUT2D eigenvalue weighted by atomic mass is 9.94. The van der Waals surface area contributed by atoms with Gasteiger partial charge in [0.15, 0.2) is 9.84 Å². The van der Waals surface area contributed by atoms with Gasteiger partial charge >= 0.3 is 12.0 Å². The highest BCUT2D eigenvalue weighted by atomic mass is 35.5. The second-order valence-corrected chi connectivity index (χ2v) is 9.48. The van der Waals surface area contributed by atoms with E-state index in [2.05, 4.69) is 5.32 Å². The Bertz CT molecular complexity index is 924. The molecule has 1 N–H and O–H groups in total. The molecule has 2 unspecified atom stereocenters. The first-order valence-electron chi connectivity index (χ1n) is 8.19. The average Bonchev–Trinajstić information content (AvgIpc) is 2.93. The van der Waals surface area contributed by atoms with Crippen LogP contribution in [0, 0.1) is 0 Å². The van der Waals surface area contributed by atoms with Gasteiger partial charge < -0.3 is 10.1 Å². The van der Waals surface area contributed by atoms with E-state index < -0.39 is 33.9 Å². The van der Waals surface area contributed by atoms with Crippen molar-refractivity contribution in [2.45, 2.75) is 25.4 Å². The lowest BCUT2D eigenvalue weighted by Crippen LogP contribution is -2.52. The fourth-order valence-electron chi connectivity index (χ4n) is 3.55. The van der Waals surface area contributed by atoms with Gasteiger partial charge in [0, 0.05) is 21.3 Å². The number of rotatable bonds is 3. The highest BCUT2D eigenvalue weighted by Gasteiger charge is 2.43. The Morgan fingerprint density at radius 3 is 2.44 bits per heavy atom. The van der Waals surface area contributed by atoms with Crippen molar-refractivity contribution in [1.29, 1.82) is 0 Å². The number of urea groups is 1. The molecule has 2 amide bonds. The van der Waals surface area contributed by atoms with Crippen LogP contribution in [0.15, 0.2) is 29.5 Å². The Balaban J connectivity index is 2.13. The summed E-state index contributed by atoms with van der Waals surface area (Å²) in [5.41, 5.74) is 0.873. The standard InChI is InChI=1S/C17H18Cl2N2O5S/c1-9-13(16(22)26-2)15(14-11(18)4-3-5-12(14)19)20-17(23)21(9)10-6-7-27(24,25)8-10/h3-5,10,15H,6-8H2,1-2H3,(H,20,23). The van der Waals surface area contributed by atoms with Crippen LogP contribution in [0.2, 0.25) is 10.0 Å². The van der Waals surface area contributed by atoms with E-state index >= 15 is 0 Å². The van der Waals surface area contributed by atoms with Crippen LogP contribution in [-0.2, 0) is 19.4 Å². The molecule has 2 heterocycles. The minimum absolute atomic E-state index is 0.00204. The van der Waals surface area contributed by atoms with Crippen LogP contribution in [0.5, 0.6) is 0 Å². The number of ether oxygens (including phenoxy) is 1. The third kappa shape index (κ3) is 3.66. The quantitative estimate of drug-likeness (QED) is 0.740. The number of hydrogen-bond acceptors (Lipinski definition) is 5. The second-order valence-electron chi connectivity index (χ2n) is 6.44. The molecule has 1 saturated heterocycles. The molecular formula is C17H18Cl2N2O5S. The molecule has 0 radical (unpaired) electrons. The Labute approximate surface area is 167 Å². The Morgan fingerprint density at radius 2 is 1.93 bits per heavy atom. The minimum atomic E-state index is -3.22. The second kappa shape index (κ2) is 7.33. The molecule has 0 aliphatic carbocycles. The van der Waals surface area contributed by atoms with E-state index in [1.165, 1.54) is 12.0 Å². The Hall–Kier alpha value is -1.77. The van der Waals surface area contributed by atoms with Crippen LogP contribution in [-0.4, -0.2) is 50.0 Å². The van der Waals surface area contributed by atoms with Gasteiger partial charge in [-0.1, -0.05) is 29.3 Å². The molecule has 2 aliphatic heterocycles. The van der Waals surface area contributed by atoms with Crippen molar-refractivity contribution in [2.75, 3.05) is 18.6 Å². The molecule has 0 bridgehead atoms. The first-order chi connectivity index (χ1) is 12.7. The van der Waals surface area contributed by atoms with Crippen molar-refractivity contribution >= 4 is 45.0 Å². The molecule has 27 heavy (non-hydrogen) atoms. The van der Waals surface area contributed by atoms with Crippen LogP contribution in [0.1, 0.15) is 24.9 Å². The van der Waals surface area contributed by atoms with E-state index in [0.29, 0.717) is 27.7 Å². The van der Waals surface area contributed by atoms with Crippen molar-refractivity contribution in [2.24, 2.45) is 0 Å². The number of esters is 1. The molecule has 146 valence electrons. The van der Waals surface area contributed by atoms with Crippen molar-refractivity contribution < 1.29 is 22.7 Å².